The molecule has 2 aromatic carbocycles. The van der Waals surface area contributed by atoms with Crippen LogP contribution in [0.5, 0.6) is 0 Å². The Labute approximate surface area is 221 Å². The van der Waals surface area contributed by atoms with E-state index in [0.717, 1.165) is 68.1 Å². The van der Waals surface area contributed by atoms with Crippen LogP contribution in [0.25, 0.3) is 11.0 Å². The molecular weight excluding hydrogens is 512 g/mol. The van der Waals surface area contributed by atoms with Crippen molar-refractivity contribution >= 4 is 34.3 Å². The second-order valence-corrected chi connectivity index (χ2v) is 9.84. The summed E-state index contributed by atoms with van der Waals surface area (Å²) in [5.41, 5.74) is 3.56. The zero-order valence-corrected chi connectivity index (χ0v) is 20.9. The number of piperazine rings is 1. The molecule has 2 amide bonds. The zero-order valence-electron chi connectivity index (χ0n) is 20.9. The minimum absolute atomic E-state index is 0.194. The van der Waals surface area contributed by atoms with E-state index in [4.69, 9.17) is 4.98 Å². The summed E-state index contributed by atoms with van der Waals surface area (Å²) in [6.07, 6.45) is -0.852. The highest BCUT2D eigenvalue weighted by Crippen LogP contribution is 2.37. The van der Waals surface area contributed by atoms with Gasteiger partial charge >= 0.3 is 12.2 Å². The Morgan fingerprint density at radius 2 is 1.74 bits per heavy atom. The molecule has 1 saturated heterocycles. The molecule has 2 aliphatic rings. The number of urea groups is 1. The number of aromatic amines is 1. The molecule has 4 aromatic rings. The number of amides is 2. The standard InChI is InChI=1S/C28H26F4N6O/c29-19-5-1-17-2-9-24(21(17)15-19)37-11-13-38(14-12-37)25-10-8-22-26(36-25)23(16-33-22)35-27(39)34-20-6-3-18(4-7-20)28(30,31)32/h1,3-8,10,15-16,24,33H,2,9,11-14H2,(H2,34,35,39). The van der Waals surface area contributed by atoms with Crippen molar-refractivity contribution in [2.24, 2.45) is 0 Å². The fourth-order valence-corrected chi connectivity index (χ4v) is 5.48. The second-order valence-electron chi connectivity index (χ2n) is 9.84. The Kier molecular flexibility index (Phi) is 6.38. The van der Waals surface area contributed by atoms with Crippen LogP contribution >= 0.6 is 0 Å². The number of alkyl halides is 3. The monoisotopic (exact) mass is 538 g/mol. The van der Waals surface area contributed by atoms with E-state index in [1.807, 2.05) is 18.2 Å². The van der Waals surface area contributed by atoms with E-state index in [0.29, 0.717) is 11.2 Å². The number of carbonyl (C=O) groups is 1. The second kappa shape index (κ2) is 9.88. The molecule has 0 radical (unpaired) electrons. The third-order valence-corrected chi connectivity index (χ3v) is 7.46. The number of rotatable bonds is 4. The predicted octanol–water partition coefficient (Wildman–Crippen LogP) is 6.17. The highest BCUT2D eigenvalue weighted by atomic mass is 19.4. The molecule has 0 spiro atoms. The summed E-state index contributed by atoms with van der Waals surface area (Å²) in [5, 5.41) is 5.27. The van der Waals surface area contributed by atoms with E-state index in [1.165, 1.54) is 23.8 Å². The van der Waals surface area contributed by atoms with Gasteiger partial charge in [-0.3, -0.25) is 4.90 Å². The molecule has 1 fully saturated rings. The highest BCUT2D eigenvalue weighted by Gasteiger charge is 2.31. The zero-order chi connectivity index (χ0) is 27.1. The predicted molar refractivity (Wildman–Crippen MR) is 141 cm³/mol. The number of anilines is 3. The molecule has 11 heteroatoms. The Hall–Kier alpha value is -4.12. The molecule has 7 nitrogen and oxygen atoms in total. The average Bonchev–Trinajstić information content (AvgIpc) is 3.52. The maximum Gasteiger partial charge on any atom is 0.416 e. The van der Waals surface area contributed by atoms with Crippen molar-refractivity contribution in [2.75, 3.05) is 41.7 Å². The van der Waals surface area contributed by atoms with Crippen molar-refractivity contribution < 1.29 is 22.4 Å². The summed E-state index contributed by atoms with van der Waals surface area (Å²) in [6, 6.07) is 12.8. The number of nitrogens with zero attached hydrogens (tertiary/aromatic N) is 3. The van der Waals surface area contributed by atoms with Crippen molar-refractivity contribution in [3.63, 3.8) is 0 Å². The minimum atomic E-state index is -4.44. The van der Waals surface area contributed by atoms with Gasteiger partial charge in [-0.15, -0.1) is 0 Å². The molecule has 1 unspecified atom stereocenters. The molecule has 6 rings (SSSR count). The first-order valence-corrected chi connectivity index (χ1v) is 12.8. The summed E-state index contributed by atoms with van der Waals surface area (Å²) in [6.45, 7) is 3.19. The van der Waals surface area contributed by atoms with Gasteiger partial charge in [0.2, 0.25) is 0 Å². The highest BCUT2D eigenvalue weighted by molar-refractivity contribution is 6.05. The van der Waals surface area contributed by atoms with Crippen LogP contribution in [0.4, 0.5) is 39.5 Å². The molecule has 39 heavy (non-hydrogen) atoms. The minimum Gasteiger partial charge on any atom is -0.358 e. The van der Waals surface area contributed by atoms with Crippen LogP contribution < -0.4 is 15.5 Å². The van der Waals surface area contributed by atoms with Gasteiger partial charge in [0.05, 0.1) is 16.8 Å². The van der Waals surface area contributed by atoms with Gasteiger partial charge in [-0.2, -0.15) is 13.2 Å². The summed E-state index contributed by atoms with van der Waals surface area (Å²) in [4.78, 5) is 25.0. The molecule has 2 aromatic heterocycles. The van der Waals surface area contributed by atoms with Crippen LogP contribution in [0, 0.1) is 5.82 Å². The Morgan fingerprint density at radius 3 is 2.49 bits per heavy atom. The van der Waals surface area contributed by atoms with Crippen molar-refractivity contribution in [3.8, 4) is 0 Å². The van der Waals surface area contributed by atoms with Crippen molar-refractivity contribution in [1.82, 2.24) is 14.9 Å². The van der Waals surface area contributed by atoms with Gasteiger partial charge in [-0.25, -0.2) is 14.2 Å². The van der Waals surface area contributed by atoms with E-state index < -0.39 is 17.8 Å². The van der Waals surface area contributed by atoms with Gasteiger partial charge < -0.3 is 20.5 Å². The topological polar surface area (TPSA) is 76.3 Å². The Bertz CT molecular complexity index is 1510. The van der Waals surface area contributed by atoms with Gasteiger partial charge in [-0.05, 0) is 72.5 Å². The molecule has 0 saturated carbocycles. The van der Waals surface area contributed by atoms with Gasteiger partial charge in [0.1, 0.15) is 17.2 Å². The molecule has 1 atom stereocenters. The summed E-state index contributed by atoms with van der Waals surface area (Å²) >= 11 is 0. The molecule has 1 aliphatic heterocycles. The Morgan fingerprint density at radius 1 is 0.974 bits per heavy atom. The third-order valence-electron chi connectivity index (χ3n) is 7.46. The molecule has 1 aliphatic carbocycles. The lowest BCUT2D eigenvalue weighted by Gasteiger charge is -2.39. The number of hydrogen-bond acceptors (Lipinski definition) is 4. The normalized spacial score (nSPS) is 17.8. The average molecular weight is 539 g/mol. The third kappa shape index (κ3) is 5.14. The van der Waals surface area contributed by atoms with Crippen LogP contribution in [-0.4, -0.2) is 47.1 Å². The van der Waals surface area contributed by atoms with Gasteiger partial charge in [0.25, 0.3) is 0 Å². The quantitative estimate of drug-likeness (QED) is 0.272. The summed E-state index contributed by atoms with van der Waals surface area (Å²) in [7, 11) is 0. The lowest BCUT2D eigenvalue weighted by atomic mass is 10.1. The van der Waals surface area contributed by atoms with E-state index in [-0.39, 0.29) is 17.5 Å². The van der Waals surface area contributed by atoms with Crippen molar-refractivity contribution in [1.29, 1.82) is 0 Å². The van der Waals surface area contributed by atoms with E-state index in [1.54, 1.807) is 12.3 Å². The number of H-pyrrole nitrogens is 1. The van der Waals surface area contributed by atoms with Crippen LogP contribution in [0.1, 0.15) is 29.2 Å². The fraction of sp³-hybridized carbons (Fsp3) is 0.286. The fourth-order valence-electron chi connectivity index (χ4n) is 5.48. The van der Waals surface area contributed by atoms with Gasteiger partial charge in [0.15, 0.2) is 0 Å². The SMILES string of the molecule is O=C(Nc1ccc(C(F)(F)F)cc1)Nc1c[nH]c2ccc(N3CCN(C4CCc5ccc(F)cc54)CC3)nc12. The Balaban J connectivity index is 1.11. The van der Waals surface area contributed by atoms with Gasteiger partial charge in [0, 0.05) is 44.1 Å². The van der Waals surface area contributed by atoms with Crippen LogP contribution in [-0.2, 0) is 12.6 Å². The largest absolute Gasteiger partial charge is 0.416 e. The van der Waals surface area contributed by atoms with Crippen molar-refractivity contribution in [2.45, 2.75) is 25.1 Å². The van der Waals surface area contributed by atoms with E-state index in [2.05, 4.69) is 25.4 Å². The lowest BCUT2D eigenvalue weighted by Crippen LogP contribution is -2.47. The first kappa shape index (κ1) is 25.2. The first-order chi connectivity index (χ1) is 18.7. The number of carbonyl (C=O) groups excluding carboxylic acids is 1. The number of hydrogen-bond donors (Lipinski definition) is 3. The maximum absolute atomic E-state index is 13.9. The number of aromatic nitrogens is 2. The maximum atomic E-state index is 13.9. The lowest BCUT2D eigenvalue weighted by molar-refractivity contribution is -0.137. The van der Waals surface area contributed by atoms with Crippen LogP contribution in [0.2, 0.25) is 0 Å². The smallest absolute Gasteiger partial charge is 0.358 e. The van der Waals surface area contributed by atoms with Crippen LogP contribution in [0.15, 0.2) is 60.8 Å². The number of pyridine rings is 1. The molecular formula is C28H26F4N6O. The number of halogens is 4. The molecule has 3 heterocycles. The number of nitrogens with one attached hydrogen (secondary N) is 3. The summed E-state index contributed by atoms with van der Waals surface area (Å²) < 4.78 is 52.2. The summed E-state index contributed by atoms with van der Waals surface area (Å²) in [5.74, 6) is 0.589. The molecule has 0 bridgehead atoms. The van der Waals surface area contributed by atoms with Crippen LogP contribution in [0.3, 0.4) is 0 Å². The number of benzene rings is 2. The van der Waals surface area contributed by atoms with E-state index >= 15 is 0 Å². The van der Waals surface area contributed by atoms with Gasteiger partial charge in [-0.1, -0.05) is 6.07 Å². The molecule has 3 N–H and O–H groups in total. The first-order valence-electron chi connectivity index (χ1n) is 12.8. The number of fused-ring (bicyclic) bond motifs is 2. The number of aryl methyl sites for hydroxylation is 1. The van der Waals surface area contributed by atoms with E-state index in [9.17, 15) is 22.4 Å². The molecule has 202 valence electrons. The van der Waals surface area contributed by atoms with Crippen molar-refractivity contribution in [3.05, 3.63) is 83.3 Å².